The van der Waals surface area contributed by atoms with Crippen molar-refractivity contribution in [1.82, 2.24) is 10.2 Å². The molecule has 1 heterocycles. The molecule has 23 heavy (non-hydrogen) atoms. The highest BCUT2D eigenvalue weighted by molar-refractivity contribution is 5.21. The Hall–Kier alpha value is -0.860. The fourth-order valence-electron chi connectivity index (χ4n) is 4.71. The van der Waals surface area contributed by atoms with E-state index in [2.05, 4.69) is 40.5 Å². The fraction of sp³-hybridized carbons (Fsp3) is 0.714. The molecule has 0 bridgehead atoms. The Kier molecular flexibility index (Phi) is 5.01. The Morgan fingerprint density at radius 2 is 1.70 bits per heavy atom. The molecule has 0 aromatic heterocycles. The molecule has 2 atom stereocenters. The summed E-state index contributed by atoms with van der Waals surface area (Å²) in [6.07, 6.45) is 11.5. The van der Waals surface area contributed by atoms with Gasteiger partial charge in [0, 0.05) is 25.2 Å². The number of hydrogen-bond acceptors (Lipinski definition) is 2. The van der Waals surface area contributed by atoms with Gasteiger partial charge in [-0.1, -0.05) is 49.6 Å². The maximum atomic E-state index is 3.96. The van der Waals surface area contributed by atoms with Crippen LogP contribution in [0.4, 0.5) is 0 Å². The first-order valence-electron chi connectivity index (χ1n) is 9.91. The monoisotopic (exact) mass is 312 g/mol. The van der Waals surface area contributed by atoms with Crippen LogP contribution in [-0.2, 0) is 0 Å². The van der Waals surface area contributed by atoms with E-state index in [-0.39, 0.29) is 0 Å². The maximum Gasteiger partial charge on any atom is 0.0201 e. The van der Waals surface area contributed by atoms with Crippen molar-refractivity contribution in [2.75, 3.05) is 19.6 Å². The van der Waals surface area contributed by atoms with Crippen molar-refractivity contribution in [2.45, 2.75) is 69.4 Å². The maximum absolute atomic E-state index is 3.96. The zero-order valence-electron chi connectivity index (χ0n) is 14.4. The number of nitrogens with zero attached hydrogens (tertiary/aromatic N) is 1. The number of benzene rings is 1. The molecule has 1 saturated heterocycles. The van der Waals surface area contributed by atoms with Gasteiger partial charge in [-0.15, -0.1) is 0 Å². The van der Waals surface area contributed by atoms with Crippen molar-refractivity contribution in [3.05, 3.63) is 35.9 Å². The van der Waals surface area contributed by atoms with Crippen LogP contribution in [-0.4, -0.2) is 36.6 Å². The first kappa shape index (κ1) is 15.7. The normalized spacial score (nSPS) is 30.4. The molecular weight excluding hydrogens is 280 g/mol. The van der Waals surface area contributed by atoms with Gasteiger partial charge in [0.1, 0.15) is 0 Å². The Balaban J connectivity index is 1.37. The quantitative estimate of drug-likeness (QED) is 0.877. The molecule has 2 unspecified atom stereocenters. The van der Waals surface area contributed by atoms with Crippen LogP contribution in [0, 0.1) is 5.92 Å². The molecule has 2 heteroatoms. The molecule has 0 amide bonds. The van der Waals surface area contributed by atoms with Crippen molar-refractivity contribution < 1.29 is 0 Å². The van der Waals surface area contributed by atoms with E-state index in [1.54, 1.807) is 5.56 Å². The summed E-state index contributed by atoms with van der Waals surface area (Å²) in [5, 5.41) is 3.96. The topological polar surface area (TPSA) is 15.3 Å². The van der Waals surface area contributed by atoms with E-state index in [9.17, 15) is 0 Å². The summed E-state index contributed by atoms with van der Waals surface area (Å²) in [7, 11) is 0. The largest absolute Gasteiger partial charge is 0.312 e. The van der Waals surface area contributed by atoms with Gasteiger partial charge in [0.2, 0.25) is 0 Å². The van der Waals surface area contributed by atoms with Gasteiger partial charge in [0.25, 0.3) is 0 Å². The first-order chi connectivity index (χ1) is 11.4. The second-order valence-electron chi connectivity index (χ2n) is 8.14. The zero-order chi connectivity index (χ0) is 15.5. The Morgan fingerprint density at radius 3 is 2.43 bits per heavy atom. The molecule has 2 nitrogen and oxygen atoms in total. The highest BCUT2D eigenvalue weighted by Crippen LogP contribution is 2.35. The van der Waals surface area contributed by atoms with Crippen LogP contribution in [0.3, 0.4) is 0 Å². The van der Waals surface area contributed by atoms with Crippen molar-refractivity contribution in [3.63, 3.8) is 0 Å². The van der Waals surface area contributed by atoms with Crippen LogP contribution < -0.4 is 5.32 Å². The Bertz CT molecular complexity index is 476. The lowest BCUT2D eigenvalue weighted by Crippen LogP contribution is -2.50. The molecule has 1 aromatic rings. The predicted molar refractivity (Wildman–Crippen MR) is 96.8 cm³/mol. The Labute approximate surface area is 141 Å². The summed E-state index contributed by atoms with van der Waals surface area (Å²) in [5.41, 5.74) is 1.54. The first-order valence-corrected chi connectivity index (χ1v) is 9.91. The number of piperidine rings is 1. The van der Waals surface area contributed by atoms with Crippen molar-refractivity contribution in [3.8, 4) is 0 Å². The number of likely N-dealkylation sites (tertiary alicyclic amines) is 1. The summed E-state index contributed by atoms with van der Waals surface area (Å²) in [4.78, 5) is 2.78. The molecule has 2 saturated carbocycles. The predicted octanol–water partition coefficient (Wildman–Crippen LogP) is 4.18. The summed E-state index contributed by atoms with van der Waals surface area (Å²) in [6, 6.07) is 12.8. The van der Waals surface area contributed by atoms with Gasteiger partial charge in [-0.2, -0.15) is 0 Å². The van der Waals surface area contributed by atoms with E-state index in [1.807, 2.05) is 0 Å². The second-order valence-corrected chi connectivity index (χ2v) is 8.14. The van der Waals surface area contributed by atoms with Gasteiger partial charge >= 0.3 is 0 Å². The lowest BCUT2D eigenvalue weighted by atomic mass is 9.86. The fourth-order valence-corrected chi connectivity index (χ4v) is 4.71. The number of nitrogens with one attached hydrogen (secondary N) is 1. The average molecular weight is 313 g/mol. The van der Waals surface area contributed by atoms with Crippen molar-refractivity contribution >= 4 is 0 Å². The summed E-state index contributed by atoms with van der Waals surface area (Å²) in [5.74, 6) is 1.66. The van der Waals surface area contributed by atoms with E-state index < -0.39 is 0 Å². The van der Waals surface area contributed by atoms with Gasteiger partial charge < -0.3 is 5.32 Å². The minimum atomic E-state index is 0.691. The minimum absolute atomic E-state index is 0.691. The zero-order valence-corrected chi connectivity index (χ0v) is 14.4. The van der Waals surface area contributed by atoms with Crippen LogP contribution in [0.2, 0.25) is 0 Å². The molecular formula is C21H32N2. The van der Waals surface area contributed by atoms with Crippen LogP contribution >= 0.6 is 0 Å². The van der Waals surface area contributed by atoms with E-state index in [1.165, 1.54) is 71.0 Å². The third kappa shape index (κ3) is 4.16. The van der Waals surface area contributed by atoms with Gasteiger partial charge in [-0.25, -0.2) is 0 Å². The molecule has 126 valence electrons. The summed E-state index contributed by atoms with van der Waals surface area (Å²) >= 11 is 0. The lowest BCUT2D eigenvalue weighted by molar-refractivity contribution is 0.158. The summed E-state index contributed by atoms with van der Waals surface area (Å²) < 4.78 is 0. The molecule has 3 fully saturated rings. The molecule has 0 spiro atoms. The van der Waals surface area contributed by atoms with Gasteiger partial charge in [0.15, 0.2) is 0 Å². The van der Waals surface area contributed by atoms with Gasteiger partial charge in [-0.05, 0) is 56.0 Å². The highest BCUT2D eigenvalue weighted by atomic mass is 15.2. The van der Waals surface area contributed by atoms with Gasteiger partial charge in [-0.3, -0.25) is 4.90 Å². The van der Waals surface area contributed by atoms with Crippen LogP contribution in [0.25, 0.3) is 0 Å². The van der Waals surface area contributed by atoms with E-state index in [4.69, 9.17) is 0 Å². The molecule has 1 N–H and O–H groups in total. The minimum Gasteiger partial charge on any atom is -0.312 e. The number of rotatable bonds is 5. The molecule has 2 aliphatic carbocycles. The van der Waals surface area contributed by atoms with Gasteiger partial charge in [0.05, 0.1) is 0 Å². The highest BCUT2D eigenvalue weighted by Gasteiger charge is 2.36. The average Bonchev–Trinajstić information content (AvgIpc) is 3.47. The van der Waals surface area contributed by atoms with Crippen molar-refractivity contribution in [2.24, 2.45) is 5.92 Å². The van der Waals surface area contributed by atoms with E-state index in [0.717, 1.165) is 17.9 Å². The number of hydrogen-bond donors (Lipinski definition) is 1. The Morgan fingerprint density at radius 1 is 0.913 bits per heavy atom. The molecule has 0 radical (unpaired) electrons. The van der Waals surface area contributed by atoms with E-state index in [0.29, 0.717) is 6.04 Å². The molecule has 3 aliphatic rings. The molecule has 1 aromatic carbocycles. The third-order valence-electron chi connectivity index (χ3n) is 6.23. The standard InChI is InChI=1S/C21H32N2/c1-3-7-17(8-4-1)14-22-20-13-19(18-9-5-2-6-10-18)15-23(16-20)21-11-12-21/h2,5-6,9-10,17,19-22H,1,3-4,7-8,11-16H2. The third-order valence-corrected chi connectivity index (χ3v) is 6.23. The summed E-state index contributed by atoms with van der Waals surface area (Å²) in [6.45, 7) is 3.81. The molecule has 4 rings (SSSR count). The van der Waals surface area contributed by atoms with Crippen LogP contribution in [0.15, 0.2) is 30.3 Å². The van der Waals surface area contributed by atoms with E-state index >= 15 is 0 Å². The second kappa shape index (κ2) is 7.36. The molecule has 1 aliphatic heterocycles. The lowest BCUT2D eigenvalue weighted by Gasteiger charge is -2.39. The smallest absolute Gasteiger partial charge is 0.0201 e. The SMILES string of the molecule is c1ccc(C2CC(NCC3CCCCC3)CN(C3CC3)C2)cc1. The van der Waals surface area contributed by atoms with Crippen LogP contribution in [0.1, 0.15) is 62.8 Å². The van der Waals surface area contributed by atoms with Crippen LogP contribution in [0.5, 0.6) is 0 Å². The van der Waals surface area contributed by atoms with Crippen molar-refractivity contribution in [1.29, 1.82) is 0 Å².